The lowest BCUT2D eigenvalue weighted by Crippen LogP contribution is -2.12. The summed E-state index contributed by atoms with van der Waals surface area (Å²) in [5.41, 5.74) is 1.53. The lowest BCUT2D eigenvalue weighted by atomic mass is 10.2. The fraction of sp³-hybridized carbons (Fsp3) is 0.250. The number of anilines is 1. The van der Waals surface area contributed by atoms with Gasteiger partial charge in [-0.15, -0.1) is 0 Å². The normalized spacial score (nSPS) is 12.4. The van der Waals surface area contributed by atoms with Crippen LogP contribution in [0.5, 0.6) is 0 Å². The number of benzene rings is 1. The van der Waals surface area contributed by atoms with Crippen molar-refractivity contribution >= 4 is 5.69 Å². The Morgan fingerprint density at radius 1 is 1.31 bits per heavy atom. The second-order valence-corrected chi connectivity index (χ2v) is 3.73. The van der Waals surface area contributed by atoms with Gasteiger partial charge in [-0.1, -0.05) is 12.1 Å². The second-order valence-electron chi connectivity index (χ2n) is 3.73. The Hall–Kier alpha value is -1.84. The van der Waals surface area contributed by atoms with Crippen molar-refractivity contribution in [1.29, 1.82) is 0 Å². The molecule has 0 spiro atoms. The average Bonchev–Trinajstić information content (AvgIpc) is 2.68. The molecule has 0 bridgehead atoms. The Bertz CT molecular complexity index is 479. The van der Waals surface area contributed by atoms with Crippen molar-refractivity contribution in [2.24, 2.45) is 7.05 Å². The SMILES string of the molecule is CC(Nc1ccccc1F)c1ccnn1C. The van der Waals surface area contributed by atoms with Gasteiger partial charge in [-0.3, -0.25) is 4.68 Å². The molecular weight excluding hydrogens is 205 g/mol. The van der Waals surface area contributed by atoms with E-state index in [9.17, 15) is 4.39 Å². The molecule has 0 aliphatic carbocycles. The fourth-order valence-corrected chi connectivity index (χ4v) is 1.69. The van der Waals surface area contributed by atoms with Crippen molar-refractivity contribution in [2.75, 3.05) is 5.32 Å². The standard InChI is InChI=1S/C12H14FN3/c1-9(12-7-8-14-16(12)2)15-11-6-4-3-5-10(11)13/h3-9,15H,1-2H3. The zero-order chi connectivity index (χ0) is 11.5. The molecule has 1 atom stereocenters. The van der Waals surface area contributed by atoms with Gasteiger partial charge in [0.25, 0.3) is 0 Å². The number of halogens is 1. The van der Waals surface area contributed by atoms with Gasteiger partial charge in [0, 0.05) is 13.2 Å². The lowest BCUT2D eigenvalue weighted by Gasteiger charge is -2.15. The predicted octanol–water partition coefficient (Wildman–Crippen LogP) is 2.73. The first-order valence-corrected chi connectivity index (χ1v) is 5.17. The van der Waals surface area contributed by atoms with E-state index in [1.807, 2.05) is 20.0 Å². The van der Waals surface area contributed by atoms with E-state index in [1.165, 1.54) is 6.07 Å². The third-order valence-corrected chi connectivity index (χ3v) is 2.55. The van der Waals surface area contributed by atoms with Crippen molar-refractivity contribution in [1.82, 2.24) is 9.78 Å². The largest absolute Gasteiger partial charge is 0.375 e. The number of rotatable bonds is 3. The van der Waals surface area contributed by atoms with Crippen LogP contribution in [0.15, 0.2) is 36.5 Å². The van der Waals surface area contributed by atoms with E-state index in [-0.39, 0.29) is 11.9 Å². The Kier molecular flexibility index (Phi) is 2.90. The number of nitrogens with one attached hydrogen (secondary N) is 1. The van der Waals surface area contributed by atoms with Crippen LogP contribution in [0.4, 0.5) is 10.1 Å². The van der Waals surface area contributed by atoms with Gasteiger partial charge < -0.3 is 5.32 Å². The Morgan fingerprint density at radius 3 is 2.69 bits per heavy atom. The molecule has 0 saturated heterocycles. The Morgan fingerprint density at radius 2 is 2.06 bits per heavy atom. The van der Waals surface area contributed by atoms with E-state index in [1.54, 1.807) is 29.1 Å². The summed E-state index contributed by atoms with van der Waals surface area (Å²) in [6, 6.07) is 8.58. The summed E-state index contributed by atoms with van der Waals surface area (Å²) in [5.74, 6) is -0.239. The maximum atomic E-state index is 13.4. The highest BCUT2D eigenvalue weighted by atomic mass is 19.1. The van der Waals surface area contributed by atoms with E-state index in [2.05, 4.69) is 10.4 Å². The van der Waals surface area contributed by atoms with Crippen LogP contribution in [0.25, 0.3) is 0 Å². The first kappa shape index (κ1) is 10.7. The fourth-order valence-electron chi connectivity index (χ4n) is 1.69. The van der Waals surface area contributed by atoms with Gasteiger partial charge in [0.2, 0.25) is 0 Å². The Balaban J connectivity index is 2.17. The van der Waals surface area contributed by atoms with E-state index >= 15 is 0 Å². The number of para-hydroxylation sites is 1. The van der Waals surface area contributed by atoms with Crippen LogP contribution in [0.2, 0.25) is 0 Å². The summed E-state index contributed by atoms with van der Waals surface area (Å²) >= 11 is 0. The summed E-state index contributed by atoms with van der Waals surface area (Å²) in [5, 5.41) is 7.20. The van der Waals surface area contributed by atoms with Crippen LogP contribution < -0.4 is 5.32 Å². The molecule has 16 heavy (non-hydrogen) atoms. The van der Waals surface area contributed by atoms with Crippen molar-refractivity contribution in [3.63, 3.8) is 0 Å². The van der Waals surface area contributed by atoms with Gasteiger partial charge in [0.1, 0.15) is 5.82 Å². The Labute approximate surface area is 93.9 Å². The lowest BCUT2D eigenvalue weighted by molar-refractivity contribution is 0.622. The highest BCUT2D eigenvalue weighted by Crippen LogP contribution is 2.20. The van der Waals surface area contributed by atoms with Crippen LogP contribution in [0.3, 0.4) is 0 Å². The third-order valence-electron chi connectivity index (χ3n) is 2.55. The zero-order valence-corrected chi connectivity index (χ0v) is 9.31. The van der Waals surface area contributed by atoms with Gasteiger partial charge in [0.05, 0.1) is 17.4 Å². The summed E-state index contributed by atoms with van der Waals surface area (Å²) < 4.78 is 15.2. The molecule has 1 N–H and O–H groups in total. The van der Waals surface area contributed by atoms with Crippen LogP contribution in [-0.2, 0) is 7.05 Å². The predicted molar refractivity (Wildman–Crippen MR) is 61.6 cm³/mol. The molecule has 0 saturated carbocycles. The van der Waals surface area contributed by atoms with E-state index < -0.39 is 0 Å². The molecule has 0 aliphatic heterocycles. The molecule has 0 amide bonds. The van der Waals surface area contributed by atoms with Crippen molar-refractivity contribution in [3.05, 3.63) is 48.0 Å². The van der Waals surface area contributed by atoms with Crippen molar-refractivity contribution in [3.8, 4) is 0 Å². The van der Waals surface area contributed by atoms with Gasteiger partial charge in [0.15, 0.2) is 0 Å². The monoisotopic (exact) mass is 219 g/mol. The molecule has 0 radical (unpaired) electrons. The maximum absolute atomic E-state index is 13.4. The molecule has 2 aromatic rings. The van der Waals surface area contributed by atoms with Crippen LogP contribution in [0, 0.1) is 5.82 Å². The molecule has 1 aromatic heterocycles. The molecule has 4 heteroatoms. The minimum absolute atomic E-state index is 0.0180. The molecule has 2 rings (SSSR count). The summed E-state index contributed by atoms with van der Waals surface area (Å²) in [4.78, 5) is 0. The number of nitrogens with zero attached hydrogens (tertiary/aromatic N) is 2. The quantitative estimate of drug-likeness (QED) is 0.860. The highest BCUT2D eigenvalue weighted by Gasteiger charge is 2.10. The number of hydrogen-bond donors (Lipinski definition) is 1. The van der Waals surface area contributed by atoms with Gasteiger partial charge in [-0.05, 0) is 25.1 Å². The van der Waals surface area contributed by atoms with Crippen molar-refractivity contribution in [2.45, 2.75) is 13.0 Å². The molecule has 3 nitrogen and oxygen atoms in total. The van der Waals surface area contributed by atoms with E-state index in [4.69, 9.17) is 0 Å². The molecule has 1 unspecified atom stereocenters. The first-order chi connectivity index (χ1) is 7.68. The van der Waals surface area contributed by atoms with Gasteiger partial charge >= 0.3 is 0 Å². The van der Waals surface area contributed by atoms with Gasteiger partial charge in [-0.2, -0.15) is 5.10 Å². The topological polar surface area (TPSA) is 29.9 Å². The molecular formula is C12H14FN3. The second kappa shape index (κ2) is 4.35. The van der Waals surface area contributed by atoms with E-state index in [0.717, 1.165) is 5.69 Å². The van der Waals surface area contributed by atoms with Crippen LogP contribution >= 0.6 is 0 Å². The molecule has 84 valence electrons. The number of aromatic nitrogens is 2. The molecule has 1 aromatic carbocycles. The maximum Gasteiger partial charge on any atom is 0.146 e. The summed E-state index contributed by atoms with van der Waals surface area (Å²) in [6.45, 7) is 1.98. The van der Waals surface area contributed by atoms with Gasteiger partial charge in [-0.25, -0.2) is 4.39 Å². The highest BCUT2D eigenvalue weighted by molar-refractivity contribution is 5.45. The van der Waals surface area contributed by atoms with Crippen molar-refractivity contribution < 1.29 is 4.39 Å². The molecule has 0 aliphatic rings. The third kappa shape index (κ3) is 2.05. The average molecular weight is 219 g/mol. The summed E-state index contributed by atoms with van der Waals surface area (Å²) in [7, 11) is 1.87. The van der Waals surface area contributed by atoms with Crippen LogP contribution in [0.1, 0.15) is 18.7 Å². The smallest absolute Gasteiger partial charge is 0.146 e. The summed E-state index contributed by atoms with van der Waals surface area (Å²) in [6.07, 6.45) is 1.73. The first-order valence-electron chi connectivity index (χ1n) is 5.17. The minimum Gasteiger partial charge on any atom is -0.375 e. The number of hydrogen-bond acceptors (Lipinski definition) is 2. The minimum atomic E-state index is -0.239. The van der Waals surface area contributed by atoms with E-state index in [0.29, 0.717) is 5.69 Å². The number of aryl methyl sites for hydroxylation is 1. The van der Waals surface area contributed by atoms with Crippen LogP contribution in [-0.4, -0.2) is 9.78 Å². The molecule has 1 heterocycles. The molecule has 0 fully saturated rings. The zero-order valence-electron chi connectivity index (χ0n) is 9.31.